The average molecular weight is 590 g/mol. The molecule has 5 rings (SSSR count). The molecule has 0 bridgehead atoms. The summed E-state index contributed by atoms with van der Waals surface area (Å²) in [6.07, 6.45) is 1.43. The summed E-state index contributed by atoms with van der Waals surface area (Å²) in [4.78, 5) is 32.9. The molecule has 0 aliphatic carbocycles. The number of aromatic amines is 1. The minimum absolute atomic E-state index is 0.231. The summed E-state index contributed by atoms with van der Waals surface area (Å²) in [5, 5.41) is 0. The van der Waals surface area contributed by atoms with Crippen molar-refractivity contribution in [2.24, 2.45) is 0 Å². The number of halogens is 1. The number of rotatable bonds is 9. The minimum atomic E-state index is -3.64. The van der Waals surface area contributed by atoms with Gasteiger partial charge in [0, 0.05) is 56.4 Å². The molecule has 12 heteroatoms. The van der Waals surface area contributed by atoms with Crippen LogP contribution in [0.1, 0.15) is 31.6 Å². The molecule has 1 N–H and O–H groups in total. The number of aryl methyl sites for hydroxylation is 1. The maximum absolute atomic E-state index is 13.3. The summed E-state index contributed by atoms with van der Waals surface area (Å²) in [6.45, 7) is 7.68. The first-order chi connectivity index (χ1) is 18.7. The van der Waals surface area contributed by atoms with Gasteiger partial charge in [-0.15, -0.1) is 11.3 Å². The lowest BCUT2D eigenvalue weighted by molar-refractivity contribution is 0.183. The van der Waals surface area contributed by atoms with Crippen molar-refractivity contribution in [3.05, 3.63) is 72.5 Å². The van der Waals surface area contributed by atoms with E-state index in [1.807, 2.05) is 26.0 Å². The Morgan fingerprint density at radius 2 is 1.59 bits per heavy atom. The van der Waals surface area contributed by atoms with Crippen molar-refractivity contribution in [1.29, 1.82) is 0 Å². The fourth-order valence-corrected chi connectivity index (χ4v) is 7.60. The van der Waals surface area contributed by atoms with Crippen LogP contribution in [0.15, 0.2) is 56.9 Å². The Bertz CT molecular complexity index is 1690. The van der Waals surface area contributed by atoms with Crippen molar-refractivity contribution in [3.8, 4) is 11.3 Å². The number of thiophene rings is 1. The van der Waals surface area contributed by atoms with Crippen LogP contribution in [0.2, 0.25) is 4.34 Å². The SMILES string of the molecule is CCCn1c(=O)c2[nH]c(-c3ccc(S(=O)(=O)N4CCN(Cc5ccc(Cl)s5)CC4)cc3)cc2n(CCC)c1=O. The Balaban J connectivity index is 1.36. The second-order valence-corrected chi connectivity index (χ2v) is 13.5. The predicted octanol–water partition coefficient (Wildman–Crippen LogP) is 4.20. The van der Waals surface area contributed by atoms with Crippen LogP contribution in [0.4, 0.5) is 0 Å². The molecule has 0 spiro atoms. The van der Waals surface area contributed by atoms with Crippen LogP contribution in [-0.2, 0) is 29.7 Å². The van der Waals surface area contributed by atoms with Gasteiger partial charge in [-0.25, -0.2) is 13.2 Å². The van der Waals surface area contributed by atoms with Gasteiger partial charge in [-0.1, -0.05) is 37.6 Å². The van der Waals surface area contributed by atoms with Gasteiger partial charge in [0.25, 0.3) is 5.56 Å². The summed E-state index contributed by atoms with van der Waals surface area (Å²) in [7, 11) is -3.64. The molecule has 0 saturated carbocycles. The van der Waals surface area contributed by atoms with Crippen molar-refractivity contribution in [1.82, 2.24) is 23.3 Å². The fraction of sp³-hybridized carbons (Fsp3) is 0.407. The Kier molecular flexibility index (Phi) is 8.16. The second kappa shape index (κ2) is 11.4. The summed E-state index contributed by atoms with van der Waals surface area (Å²) >= 11 is 7.58. The minimum Gasteiger partial charge on any atom is -0.349 e. The summed E-state index contributed by atoms with van der Waals surface area (Å²) in [5.74, 6) is 0. The van der Waals surface area contributed by atoms with Crippen molar-refractivity contribution >= 4 is 44.0 Å². The standard InChI is InChI=1S/C27H32ClN5O4S2/c1-3-11-32-23-17-22(29-25(23)26(34)33(12-4-2)27(32)35)19-5-8-21(9-6-19)39(36,37)31-15-13-30(14-16-31)18-20-7-10-24(28)38-20/h5-10,17,29H,3-4,11-16,18H2,1-2H3. The summed E-state index contributed by atoms with van der Waals surface area (Å²) < 4.78 is 31.9. The summed E-state index contributed by atoms with van der Waals surface area (Å²) in [6, 6.07) is 12.4. The largest absolute Gasteiger partial charge is 0.349 e. The number of piperazine rings is 1. The van der Waals surface area contributed by atoms with Crippen LogP contribution in [0.3, 0.4) is 0 Å². The van der Waals surface area contributed by atoms with E-state index in [1.54, 1.807) is 46.2 Å². The molecule has 0 unspecified atom stereocenters. The molecular formula is C27H32ClN5O4S2. The maximum Gasteiger partial charge on any atom is 0.331 e. The van der Waals surface area contributed by atoms with E-state index in [-0.39, 0.29) is 16.1 Å². The highest BCUT2D eigenvalue weighted by Gasteiger charge is 2.28. The quantitative estimate of drug-likeness (QED) is 0.315. The molecule has 0 atom stereocenters. The molecule has 1 fully saturated rings. The normalized spacial score (nSPS) is 15.4. The van der Waals surface area contributed by atoms with E-state index in [0.29, 0.717) is 62.4 Å². The zero-order valence-electron chi connectivity index (χ0n) is 22.0. The van der Waals surface area contributed by atoms with Crippen LogP contribution in [0.25, 0.3) is 22.3 Å². The highest BCUT2D eigenvalue weighted by atomic mass is 35.5. The van der Waals surface area contributed by atoms with Crippen LogP contribution in [0.5, 0.6) is 0 Å². The maximum atomic E-state index is 13.3. The van der Waals surface area contributed by atoms with Gasteiger partial charge >= 0.3 is 5.69 Å². The second-order valence-electron chi connectivity index (χ2n) is 9.74. The molecule has 0 radical (unpaired) electrons. The van der Waals surface area contributed by atoms with Gasteiger partial charge in [-0.2, -0.15) is 4.31 Å². The molecule has 0 amide bonds. The number of H-pyrrole nitrogens is 1. The van der Waals surface area contributed by atoms with Crippen molar-refractivity contribution in [2.75, 3.05) is 26.2 Å². The third-order valence-corrected chi connectivity index (χ3v) is 10.2. The molecule has 9 nitrogen and oxygen atoms in total. The third kappa shape index (κ3) is 5.51. The number of fused-ring (bicyclic) bond motifs is 1. The number of nitrogens with zero attached hydrogens (tertiary/aromatic N) is 4. The molecule has 3 aromatic heterocycles. The lowest BCUT2D eigenvalue weighted by Crippen LogP contribution is -2.48. The first-order valence-electron chi connectivity index (χ1n) is 13.2. The Morgan fingerprint density at radius 1 is 0.923 bits per heavy atom. The topological polar surface area (TPSA) is 100 Å². The van der Waals surface area contributed by atoms with Gasteiger partial charge in [-0.3, -0.25) is 18.8 Å². The zero-order valence-corrected chi connectivity index (χ0v) is 24.4. The Morgan fingerprint density at radius 3 is 2.21 bits per heavy atom. The van der Waals surface area contributed by atoms with Crippen molar-refractivity contribution in [3.63, 3.8) is 0 Å². The van der Waals surface area contributed by atoms with E-state index in [9.17, 15) is 18.0 Å². The molecule has 39 heavy (non-hydrogen) atoms. The van der Waals surface area contributed by atoms with E-state index >= 15 is 0 Å². The highest BCUT2D eigenvalue weighted by molar-refractivity contribution is 7.89. The van der Waals surface area contributed by atoms with Crippen LogP contribution in [0, 0.1) is 0 Å². The Labute approximate surface area is 236 Å². The smallest absolute Gasteiger partial charge is 0.331 e. The van der Waals surface area contributed by atoms with Gasteiger partial charge in [0.15, 0.2) is 0 Å². The number of sulfonamides is 1. The lowest BCUT2D eigenvalue weighted by atomic mass is 10.1. The molecule has 4 heterocycles. The number of hydrogen-bond donors (Lipinski definition) is 1. The number of benzene rings is 1. The molecular weight excluding hydrogens is 558 g/mol. The van der Waals surface area contributed by atoms with Gasteiger partial charge < -0.3 is 4.98 Å². The zero-order chi connectivity index (χ0) is 27.7. The number of nitrogens with one attached hydrogen (secondary N) is 1. The van der Waals surface area contributed by atoms with E-state index < -0.39 is 10.0 Å². The fourth-order valence-electron chi connectivity index (χ4n) is 5.05. The highest BCUT2D eigenvalue weighted by Crippen LogP contribution is 2.27. The van der Waals surface area contributed by atoms with Crippen LogP contribution < -0.4 is 11.2 Å². The molecule has 1 saturated heterocycles. The van der Waals surface area contributed by atoms with Gasteiger partial charge in [0.2, 0.25) is 10.0 Å². The molecule has 1 aromatic carbocycles. The molecule has 208 valence electrons. The summed E-state index contributed by atoms with van der Waals surface area (Å²) in [5.41, 5.74) is 1.70. The molecule has 1 aliphatic rings. The van der Waals surface area contributed by atoms with E-state index in [0.717, 1.165) is 22.9 Å². The number of aromatic nitrogens is 3. The third-order valence-electron chi connectivity index (χ3n) is 7.05. The average Bonchev–Trinajstić information content (AvgIpc) is 3.56. The Hall–Kier alpha value is -2.70. The van der Waals surface area contributed by atoms with Crippen molar-refractivity contribution in [2.45, 2.75) is 51.2 Å². The van der Waals surface area contributed by atoms with E-state index in [1.165, 1.54) is 13.7 Å². The molecule has 4 aromatic rings. The van der Waals surface area contributed by atoms with E-state index in [4.69, 9.17) is 11.6 Å². The monoisotopic (exact) mass is 589 g/mol. The predicted molar refractivity (Wildman–Crippen MR) is 156 cm³/mol. The van der Waals surface area contributed by atoms with Gasteiger partial charge in [0.1, 0.15) is 5.52 Å². The van der Waals surface area contributed by atoms with Gasteiger partial charge in [0.05, 0.1) is 14.7 Å². The first kappa shape index (κ1) is 27.9. The van der Waals surface area contributed by atoms with Crippen LogP contribution in [-0.4, -0.2) is 57.9 Å². The van der Waals surface area contributed by atoms with Crippen molar-refractivity contribution < 1.29 is 8.42 Å². The van der Waals surface area contributed by atoms with E-state index in [2.05, 4.69) is 9.88 Å². The lowest BCUT2D eigenvalue weighted by Gasteiger charge is -2.33. The number of hydrogen-bond acceptors (Lipinski definition) is 6. The first-order valence-corrected chi connectivity index (χ1v) is 15.8. The molecule has 1 aliphatic heterocycles. The van der Waals surface area contributed by atoms with Gasteiger partial charge in [-0.05, 0) is 48.7 Å². The van der Waals surface area contributed by atoms with Crippen LogP contribution >= 0.6 is 22.9 Å².